The largest absolute Gasteiger partial charge is 0.396 e. The summed E-state index contributed by atoms with van der Waals surface area (Å²) in [6.45, 7) is 5.24. The second-order valence-corrected chi connectivity index (χ2v) is 6.75. The van der Waals surface area contributed by atoms with E-state index in [-0.39, 0.29) is 0 Å². The van der Waals surface area contributed by atoms with Gasteiger partial charge in [0.2, 0.25) is 0 Å². The van der Waals surface area contributed by atoms with Crippen molar-refractivity contribution >= 4 is 0 Å². The normalized spacial score (nSPS) is 57.4. The molecule has 0 spiro atoms. The summed E-state index contributed by atoms with van der Waals surface area (Å²) in [5, 5.41) is 9.90. The molecule has 3 unspecified atom stereocenters. The zero-order valence-electron chi connectivity index (χ0n) is 10.1. The molecule has 4 fully saturated rings. The van der Waals surface area contributed by atoms with Gasteiger partial charge in [0.15, 0.2) is 0 Å². The molecular formula is C14H24O. The Balaban J connectivity index is 2.02. The van der Waals surface area contributed by atoms with Gasteiger partial charge >= 0.3 is 0 Å². The minimum absolute atomic E-state index is 0.302. The summed E-state index contributed by atoms with van der Waals surface area (Å²) < 4.78 is 0. The van der Waals surface area contributed by atoms with Crippen molar-refractivity contribution in [1.29, 1.82) is 0 Å². The third-order valence-corrected chi connectivity index (χ3v) is 6.41. The van der Waals surface area contributed by atoms with Crippen molar-refractivity contribution in [2.24, 2.45) is 28.6 Å². The highest BCUT2D eigenvalue weighted by Gasteiger charge is 2.61. The van der Waals surface area contributed by atoms with Crippen molar-refractivity contribution < 1.29 is 5.11 Å². The van der Waals surface area contributed by atoms with Crippen molar-refractivity contribution in [3.63, 3.8) is 0 Å². The predicted molar refractivity (Wildman–Crippen MR) is 61.5 cm³/mol. The molecule has 4 aliphatic carbocycles. The average Bonchev–Trinajstić information content (AvgIpc) is 2.24. The highest BCUT2D eigenvalue weighted by atomic mass is 16.3. The van der Waals surface area contributed by atoms with Gasteiger partial charge in [-0.25, -0.2) is 0 Å². The summed E-state index contributed by atoms with van der Waals surface area (Å²) in [6, 6.07) is 0. The van der Waals surface area contributed by atoms with E-state index >= 15 is 0 Å². The molecule has 4 rings (SSSR count). The van der Waals surface area contributed by atoms with Crippen LogP contribution in [0.1, 0.15) is 52.4 Å². The molecule has 0 aromatic rings. The van der Waals surface area contributed by atoms with Crippen LogP contribution in [0.2, 0.25) is 0 Å². The van der Waals surface area contributed by atoms with Gasteiger partial charge in [-0.1, -0.05) is 13.8 Å². The van der Waals surface area contributed by atoms with Gasteiger partial charge in [-0.3, -0.25) is 0 Å². The van der Waals surface area contributed by atoms with Gasteiger partial charge in [-0.2, -0.15) is 0 Å². The topological polar surface area (TPSA) is 20.2 Å². The van der Waals surface area contributed by atoms with E-state index in [1.54, 1.807) is 0 Å². The molecule has 0 radical (unpaired) electrons. The Hall–Kier alpha value is -0.0400. The van der Waals surface area contributed by atoms with E-state index in [4.69, 9.17) is 0 Å². The molecule has 4 saturated carbocycles. The SMILES string of the molecule is CCC1(C)C2CC3CC(C2)CC1(CO)C3. The number of aliphatic hydroxyl groups excluding tert-OH is 1. The molecule has 4 aliphatic rings. The first-order valence-corrected chi connectivity index (χ1v) is 6.74. The van der Waals surface area contributed by atoms with E-state index in [1.165, 1.54) is 38.5 Å². The maximum atomic E-state index is 9.90. The molecule has 0 amide bonds. The minimum atomic E-state index is 0.302. The molecule has 4 bridgehead atoms. The molecule has 3 atom stereocenters. The first kappa shape index (κ1) is 10.1. The molecule has 0 saturated heterocycles. The lowest BCUT2D eigenvalue weighted by Gasteiger charge is -2.66. The van der Waals surface area contributed by atoms with Crippen LogP contribution in [0.3, 0.4) is 0 Å². The summed E-state index contributed by atoms with van der Waals surface area (Å²) in [5.41, 5.74) is 0.742. The molecular weight excluding hydrogens is 184 g/mol. The minimum Gasteiger partial charge on any atom is -0.396 e. The van der Waals surface area contributed by atoms with E-state index in [1.807, 2.05) is 0 Å². The molecule has 0 aromatic carbocycles. The zero-order valence-corrected chi connectivity index (χ0v) is 10.1. The first-order chi connectivity index (χ1) is 7.13. The van der Waals surface area contributed by atoms with E-state index in [9.17, 15) is 5.11 Å². The number of hydrogen-bond donors (Lipinski definition) is 1. The van der Waals surface area contributed by atoms with Gasteiger partial charge in [0, 0.05) is 6.61 Å². The molecule has 0 heterocycles. The zero-order chi connectivity index (χ0) is 10.7. The number of rotatable bonds is 2. The summed E-state index contributed by atoms with van der Waals surface area (Å²) in [6.07, 6.45) is 8.29. The van der Waals surface area contributed by atoms with Gasteiger partial charge < -0.3 is 5.11 Å². The smallest absolute Gasteiger partial charge is 0.0492 e. The monoisotopic (exact) mass is 208 g/mol. The predicted octanol–water partition coefficient (Wildman–Crippen LogP) is 3.22. The standard InChI is InChI=1S/C14H24O/c1-3-13(2)12-5-10-4-11(6-12)8-14(13,7-10)9-15/h10-12,15H,3-9H2,1-2H3. The van der Waals surface area contributed by atoms with Gasteiger partial charge in [0.1, 0.15) is 0 Å². The number of aliphatic hydroxyl groups is 1. The summed E-state index contributed by atoms with van der Waals surface area (Å²) in [7, 11) is 0. The Morgan fingerprint density at radius 1 is 1.13 bits per heavy atom. The Bertz CT molecular complexity index is 259. The molecule has 1 N–H and O–H groups in total. The summed E-state index contributed by atoms with van der Waals surface area (Å²) in [4.78, 5) is 0. The molecule has 86 valence electrons. The lowest BCUT2D eigenvalue weighted by molar-refractivity contribution is -0.188. The highest BCUT2D eigenvalue weighted by molar-refractivity contribution is 5.11. The number of hydrogen-bond acceptors (Lipinski definition) is 1. The molecule has 0 aliphatic heterocycles. The average molecular weight is 208 g/mol. The second-order valence-electron chi connectivity index (χ2n) is 6.75. The van der Waals surface area contributed by atoms with Crippen LogP contribution in [-0.4, -0.2) is 11.7 Å². The maximum Gasteiger partial charge on any atom is 0.0492 e. The quantitative estimate of drug-likeness (QED) is 0.738. The third kappa shape index (κ3) is 1.08. The molecule has 1 heteroatoms. The second kappa shape index (κ2) is 3.00. The van der Waals surface area contributed by atoms with Crippen LogP contribution in [0.5, 0.6) is 0 Å². The van der Waals surface area contributed by atoms with Crippen molar-refractivity contribution in [3.8, 4) is 0 Å². The van der Waals surface area contributed by atoms with Crippen LogP contribution in [0.15, 0.2) is 0 Å². The van der Waals surface area contributed by atoms with Crippen LogP contribution in [0.4, 0.5) is 0 Å². The molecule has 15 heavy (non-hydrogen) atoms. The summed E-state index contributed by atoms with van der Waals surface area (Å²) in [5.74, 6) is 2.82. The van der Waals surface area contributed by atoms with Crippen molar-refractivity contribution in [1.82, 2.24) is 0 Å². The fraction of sp³-hybridized carbons (Fsp3) is 1.00. The highest BCUT2D eigenvalue weighted by Crippen LogP contribution is 2.69. The lowest BCUT2D eigenvalue weighted by Crippen LogP contribution is -2.60. The van der Waals surface area contributed by atoms with E-state index in [2.05, 4.69) is 13.8 Å². The summed E-state index contributed by atoms with van der Waals surface area (Å²) >= 11 is 0. The Kier molecular flexibility index (Phi) is 2.03. The molecule has 0 aromatic heterocycles. The van der Waals surface area contributed by atoms with Crippen LogP contribution < -0.4 is 0 Å². The van der Waals surface area contributed by atoms with Crippen LogP contribution in [0.25, 0.3) is 0 Å². The van der Waals surface area contributed by atoms with Crippen LogP contribution >= 0.6 is 0 Å². The van der Waals surface area contributed by atoms with Gasteiger partial charge in [0.05, 0.1) is 0 Å². The van der Waals surface area contributed by atoms with E-state index in [0.29, 0.717) is 17.4 Å². The first-order valence-electron chi connectivity index (χ1n) is 6.74. The van der Waals surface area contributed by atoms with Crippen molar-refractivity contribution in [2.75, 3.05) is 6.61 Å². The van der Waals surface area contributed by atoms with Crippen LogP contribution in [0, 0.1) is 28.6 Å². The van der Waals surface area contributed by atoms with E-state index < -0.39 is 0 Å². The Morgan fingerprint density at radius 2 is 1.73 bits per heavy atom. The van der Waals surface area contributed by atoms with Gasteiger partial charge in [0.25, 0.3) is 0 Å². The van der Waals surface area contributed by atoms with Gasteiger partial charge in [-0.05, 0) is 67.1 Å². The lowest BCUT2D eigenvalue weighted by atomic mass is 9.39. The maximum absolute atomic E-state index is 9.90. The fourth-order valence-corrected chi connectivity index (χ4v) is 5.48. The fourth-order valence-electron chi connectivity index (χ4n) is 5.48. The van der Waals surface area contributed by atoms with Crippen molar-refractivity contribution in [3.05, 3.63) is 0 Å². The third-order valence-electron chi connectivity index (χ3n) is 6.41. The molecule has 1 nitrogen and oxygen atoms in total. The van der Waals surface area contributed by atoms with Gasteiger partial charge in [-0.15, -0.1) is 0 Å². The van der Waals surface area contributed by atoms with E-state index in [0.717, 1.165) is 17.8 Å². The Morgan fingerprint density at radius 3 is 2.20 bits per heavy atom. The van der Waals surface area contributed by atoms with Crippen molar-refractivity contribution in [2.45, 2.75) is 52.4 Å². The van der Waals surface area contributed by atoms with Crippen LogP contribution in [-0.2, 0) is 0 Å². The Labute approximate surface area is 93.3 Å².